The SMILES string of the molecule is CC.O=CCc1scnc1Cl. The van der Waals surface area contributed by atoms with Crippen LogP contribution in [0.5, 0.6) is 0 Å². The van der Waals surface area contributed by atoms with Crippen LogP contribution in [0.4, 0.5) is 0 Å². The molecule has 0 unspecified atom stereocenters. The summed E-state index contributed by atoms with van der Waals surface area (Å²) in [6.45, 7) is 4.00. The minimum absolute atomic E-state index is 0.378. The number of aldehydes is 1. The summed E-state index contributed by atoms with van der Waals surface area (Å²) in [5.74, 6) is 0. The van der Waals surface area contributed by atoms with Gasteiger partial charge < -0.3 is 4.79 Å². The summed E-state index contributed by atoms with van der Waals surface area (Å²) in [6.07, 6.45) is 1.20. The Kier molecular flexibility index (Phi) is 6.07. The Morgan fingerprint density at radius 1 is 1.73 bits per heavy atom. The third-order valence-corrected chi connectivity index (χ3v) is 2.15. The van der Waals surface area contributed by atoms with E-state index in [-0.39, 0.29) is 0 Å². The summed E-state index contributed by atoms with van der Waals surface area (Å²) in [4.78, 5) is 14.5. The molecule has 0 radical (unpaired) electrons. The monoisotopic (exact) mass is 191 g/mol. The van der Waals surface area contributed by atoms with E-state index >= 15 is 0 Å². The Balaban J connectivity index is 0.000000461. The van der Waals surface area contributed by atoms with Crippen molar-refractivity contribution in [2.75, 3.05) is 0 Å². The third-order valence-electron chi connectivity index (χ3n) is 0.860. The fourth-order valence-corrected chi connectivity index (χ4v) is 1.38. The average Bonchev–Trinajstić information content (AvgIpc) is 2.42. The van der Waals surface area contributed by atoms with Crippen LogP contribution in [-0.4, -0.2) is 11.3 Å². The fourth-order valence-electron chi connectivity index (χ4n) is 0.465. The van der Waals surface area contributed by atoms with Gasteiger partial charge >= 0.3 is 0 Å². The molecule has 11 heavy (non-hydrogen) atoms. The maximum absolute atomic E-state index is 9.94. The molecule has 62 valence electrons. The van der Waals surface area contributed by atoms with E-state index in [4.69, 9.17) is 11.6 Å². The highest BCUT2D eigenvalue weighted by atomic mass is 35.5. The normalized spacial score (nSPS) is 8.27. The second-order valence-corrected chi connectivity index (χ2v) is 2.73. The van der Waals surface area contributed by atoms with Crippen LogP contribution in [0.3, 0.4) is 0 Å². The molecule has 0 saturated heterocycles. The summed E-state index contributed by atoms with van der Waals surface area (Å²) < 4.78 is 0. The van der Waals surface area contributed by atoms with Gasteiger partial charge in [-0.05, 0) is 0 Å². The highest BCUT2D eigenvalue weighted by Crippen LogP contribution is 2.17. The van der Waals surface area contributed by atoms with Gasteiger partial charge in [0.25, 0.3) is 0 Å². The number of rotatable bonds is 2. The maximum atomic E-state index is 9.94. The zero-order valence-corrected chi connectivity index (χ0v) is 8.08. The van der Waals surface area contributed by atoms with Gasteiger partial charge in [-0.1, -0.05) is 25.4 Å². The van der Waals surface area contributed by atoms with Crippen LogP contribution in [0.25, 0.3) is 0 Å². The van der Waals surface area contributed by atoms with E-state index in [0.717, 1.165) is 11.2 Å². The van der Waals surface area contributed by atoms with Crippen molar-refractivity contribution in [2.24, 2.45) is 0 Å². The predicted octanol–water partition coefficient (Wildman–Crippen LogP) is 2.56. The molecule has 1 aromatic rings. The second kappa shape index (κ2) is 6.31. The number of aromatic nitrogens is 1. The van der Waals surface area contributed by atoms with Gasteiger partial charge in [0.1, 0.15) is 11.4 Å². The molecule has 1 heterocycles. The van der Waals surface area contributed by atoms with Gasteiger partial charge in [0.05, 0.1) is 10.4 Å². The summed E-state index contributed by atoms with van der Waals surface area (Å²) in [5.41, 5.74) is 1.63. The molecule has 0 spiro atoms. The minimum Gasteiger partial charge on any atom is -0.303 e. The molecule has 2 nitrogen and oxygen atoms in total. The lowest BCUT2D eigenvalue weighted by Crippen LogP contribution is -1.79. The van der Waals surface area contributed by atoms with Gasteiger partial charge in [-0.15, -0.1) is 11.3 Å². The lowest BCUT2D eigenvalue weighted by atomic mass is 10.4. The van der Waals surface area contributed by atoms with Gasteiger partial charge in [-0.3, -0.25) is 0 Å². The molecule has 0 bridgehead atoms. The van der Waals surface area contributed by atoms with Crippen molar-refractivity contribution in [3.8, 4) is 0 Å². The summed E-state index contributed by atoms with van der Waals surface area (Å²) in [6, 6.07) is 0. The number of carbonyl (C=O) groups is 1. The first-order chi connectivity index (χ1) is 5.34. The highest BCUT2D eigenvalue weighted by molar-refractivity contribution is 7.10. The average molecular weight is 192 g/mol. The van der Waals surface area contributed by atoms with Crippen molar-refractivity contribution in [2.45, 2.75) is 20.3 Å². The van der Waals surface area contributed by atoms with Crippen molar-refractivity contribution in [1.29, 1.82) is 0 Å². The van der Waals surface area contributed by atoms with Crippen LogP contribution in [-0.2, 0) is 11.2 Å². The van der Waals surface area contributed by atoms with E-state index in [1.807, 2.05) is 13.8 Å². The minimum atomic E-state index is 0.378. The van der Waals surface area contributed by atoms with Crippen molar-refractivity contribution in [3.05, 3.63) is 15.5 Å². The molecule has 0 aliphatic rings. The first-order valence-corrected chi connectivity index (χ1v) is 4.62. The van der Waals surface area contributed by atoms with E-state index in [1.54, 1.807) is 5.51 Å². The molecule has 0 aromatic carbocycles. The highest BCUT2D eigenvalue weighted by Gasteiger charge is 1.99. The van der Waals surface area contributed by atoms with Crippen molar-refractivity contribution >= 4 is 29.2 Å². The van der Waals surface area contributed by atoms with Gasteiger partial charge in [0.15, 0.2) is 0 Å². The lowest BCUT2D eigenvalue weighted by Gasteiger charge is -1.82. The summed E-state index contributed by atoms with van der Waals surface area (Å²) in [5, 5.41) is 0.451. The van der Waals surface area contributed by atoms with Crippen molar-refractivity contribution in [3.63, 3.8) is 0 Å². The van der Waals surface area contributed by atoms with E-state index in [2.05, 4.69) is 4.98 Å². The van der Waals surface area contributed by atoms with E-state index in [0.29, 0.717) is 11.6 Å². The Morgan fingerprint density at radius 3 is 2.73 bits per heavy atom. The van der Waals surface area contributed by atoms with Gasteiger partial charge in [0.2, 0.25) is 0 Å². The molecular weight excluding hydrogens is 182 g/mol. The Morgan fingerprint density at radius 2 is 2.36 bits per heavy atom. The lowest BCUT2D eigenvalue weighted by molar-refractivity contribution is -0.107. The standard InChI is InChI=1S/C5H4ClNOS.C2H6/c6-5-4(1-2-8)9-3-7-5;1-2/h2-3H,1H2;1-2H3. The van der Waals surface area contributed by atoms with Crippen LogP contribution >= 0.6 is 22.9 Å². The topological polar surface area (TPSA) is 30.0 Å². The second-order valence-electron chi connectivity index (χ2n) is 1.44. The van der Waals surface area contributed by atoms with Crippen LogP contribution < -0.4 is 0 Å². The van der Waals surface area contributed by atoms with Gasteiger partial charge in [0, 0.05) is 6.42 Å². The van der Waals surface area contributed by atoms with Crippen LogP contribution in [0.1, 0.15) is 18.7 Å². The number of thiazole rings is 1. The number of halogens is 1. The van der Waals surface area contributed by atoms with Crippen LogP contribution in [0.15, 0.2) is 5.51 Å². The molecule has 4 heteroatoms. The number of hydrogen-bond donors (Lipinski definition) is 0. The Hall–Kier alpha value is -0.410. The smallest absolute Gasteiger partial charge is 0.143 e. The molecule has 1 rings (SSSR count). The van der Waals surface area contributed by atoms with E-state index in [1.165, 1.54) is 11.3 Å². The van der Waals surface area contributed by atoms with Crippen LogP contribution in [0.2, 0.25) is 5.15 Å². The maximum Gasteiger partial charge on any atom is 0.143 e. The van der Waals surface area contributed by atoms with E-state index in [9.17, 15) is 4.79 Å². The van der Waals surface area contributed by atoms with Gasteiger partial charge in [-0.2, -0.15) is 0 Å². The molecule has 0 amide bonds. The zero-order valence-electron chi connectivity index (χ0n) is 6.50. The van der Waals surface area contributed by atoms with E-state index < -0.39 is 0 Å². The molecule has 0 N–H and O–H groups in total. The molecule has 0 aliphatic heterocycles. The van der Waals surface area contributed by atoms with Crippen LogP contribution in [0, 0.1) is 0 Å². The summed E-state index contributed by atoms with van der Waals surface area (Å²) in [7, 11) is 0. The first-order valence-electron chi connectivity index (χ1n) is 3.36. The number of carbonyl (C=O) groups excluding carboxylic acids is 1. The first kappa shape index (κ1) is 10.6. The fraction of sp³-hybridized carbons (Fsp3) is 0.429. The van der Waals surface area contributed by atoms with Crippen molar-refractivity contribution in [1.82, 2.24) is 4.98 Å². The molecule has 1 aromatic heterocycles. The molecule has 0 atom stereocenters. The zero-order chi connectivity index (χ0) is 8.69. The third kappa shape index (κ3) is 3.49. The Labute approximate surface area is 75.2 Å². The largest absolute Gasteiger partial charge is 0.303 e. The summed E-state index contributed by atoms with van der Waals surface area (Å²) >= 11 is 6.96. The molecular formula is C7H10ClNOS. The predicted molar refractivity (Wildman–Crippen MR) is 48.2 cm³/mol. The number of hydrogen-bond acceptors (Lipinski definition) is 3. The molecule has 0 aliphatic carbocycles. The van der Waals surface area contributed by atoms with Gasteiger partial charge in [-0.25, -0.2) is 4.98 Å². The van der Waals surface area contributed by atoms with Crippen molar-refractivity contribution < 1.29 is 4.79 Å². The number of nitrogens with zero attached hydrogens (tertiary/aromatic N) is 1. The molecule has 0 saturated carbocycles. The quantitative estimate of drug-likeness (QED) is 0.673. The Bertz CT molecular complexity index is 212. The molecule has 0 fully saturated rings.